The number of benzene rings is 1. The highest BCUT2D eigenvalue weighted by Crippen LogP contribution is 2.22. The van der Waals surface area contributed by atoms with Gasteiger partial charge in [-0.05, 0) is 35.7 Å². The van der Waals surface area contributed by atoms with Crippen LogP contribution in [0.4, 0.5) is 0 Å². The van der Waals surface area contributed by atoms with E-state index in [-0.39, 0.29) is 5.91 Å². The van der Waals surface area contributed by atoms with E-state index in [0.717, 1.165) is 25.2 Å². The maximum absolute atomic E-state index is 12.6. The number of nitrogens with zero attached hydrogens (tertiary/aromatic N) is 3. The number of hydrogen-bond donors (Lipinski definition) is 1. The molecule has 0 radical (unpaired) electrons. The highest BCUT2D eigenvalue weighted by atomic mass is 35.5. The molecule has 2 N–H and O–H groups in total. The van der Waals surface area contributed by atoms with Crippen LogP contribution in [0.25, 0.3) is 0 Å². The van der Waals surface area contributed by atoms with Crippen LogP contribution in [-0.4, -0.2) is 52.9 Å². The van der Waals surface area contributed by atoms with Crippen molar-refractivity contribution in [3.63, 3.8) is 0 Å². The molecule has 26 heavy (non-hydrogen) atoms. The van der Waals surface area contributed by atoms with Gasteiger partial charge in [-0.2, -0.15) is 0 Å². The van der Waals surface area contributed by atoms with Crippen LogP contribution in [-0.2, 0) is 17.8 Å². The van der Waals surface area contributed by atoms with E-state index in [2.05, 4.69) is 16.0 Å². The number of rotatable bonds is 5. The van der Waals surface area contributed by atoms with Gasteiger partial charge < -0.3 is 10.6 Å². The normalized spacial score (nSPS) is 16.5. The number of hydrogen-bond acceptors (Lipinski definition) is 4. The van der Waals surface area contributed by atoms with Crippen molar-refractivity contribution in [1.29, 1.82) is 0 Å². The van der Waals surface area contributed by atoms with Crippen molar-refractivity contribution in [2.45, 2.75) is 19.0 Å². The first kappa shape index (κ1) is 19.1. The van der Waals surface area contributed by atoms with Gasteiger partial charge in [0, 0.05) is 55.2 Å². The molecule has 0 saturated carbocycles. The lowest BCUT2D eigenvalue weighted by Crippen LogP contribution is -2.53. The van der Waals surface area contributed by atoms with Crippen LogP contribution in [0.2, 0.25) is 10.0 Å². The number of pyridine rings is 1. The second kappa shape index (κ2) is 8.82. The first-order valence-corrected chi connectivity index (χ1v) is 9.38. The molecule has 1 aromatic heterocycles. The predicted molar refractivity (Wildman–Crippen MR) is 104 cm³/mol. The molecular weight excluding hydrogens is 371 g/mol. The lowest BCUT2D eigenvalue weighted by molar-refractivity contribution is -0.134. The molecule has 0 bridgehead atoms. The van der Waals surface area contributed by atoms with E-state index in [9.17, 15) is 4.79 Å². The second-order valence-corrected chi connectivity index (χ2v) is 7.35. The van der Waals surface area contributed by atoms with Gasteiger partial charge in [-0.3, -0.25) is 14.7 Å². The average molecular weight is 393 g/mol. The average Bonchev–Trinajstić information content (AvgIpc) is 2.65. The van der Waals surface area contributed by atoms with Gasteiger partial charge in [0.05, 0.1) is 6.04 Å². The van der Waals surface area contributed by atoms with Crippen molar-refractivity contribution in [2.24, 2.45) is 5.73 Å². The molecular formula is C19H22Cl2N4O. The quantitative estimate of drug-likeness (QED) is 0.849. The zero-order chi connectivity index (χ0) is 18.5. The highest BCUT2D eigenvalue weighted by molar-refractivity contribution is 6.35. The van der Waals surface area contributed by atoms with Crippen LogP contribution in [0.5, 0.6) is 0 Å². The fourth-order valence-corrected chi connectivity index (χ4v) is 3.61. The standard InChI is InChI=1S/C19H22Cl2N4O/c20-16-4-3-15(17(21)11-16)10-18(22)19(26)25-8-6-24(7-9-25)13-14-2-1-5-23-12-14/h1-5,11-12,18H,6-10,13,22H2. The molecule has 138 valence electrons. The van der Waals surface area contributed by atoms with Crippen molar-refractivity contribution >= 4 is 29.1 Å². The first-order valence-electron chi connectivity index (χ1n) is 8.62. The molecule has 3 rings (SSSR count). The fraction of sp³-hybridized carbons (Fsp3) is 0.368. The molecule has 2 aromatic rings. The molecule has 2 heterocycles. The molecule has 1 aliphatic rings. The third-order valence-corrected chi connectivity index (χ3v) is 5.17. The molecule has 1 saturated heterocycles. The van der Waals surface area contributed by atoms with Crippen LogP contribution in [0.3, 0.4) is 0 Å². The van der Waals surface area contributed by atoms with Crippen LogP contribution < -0.4 is 5.73 Å². The van der Waals surface area contributed by atoms with Gasteiger partial charge in [0.1, 0.15) is 0 Å². The molecule has 5 nitrogen and oxygen atoms in total. The summed E-state index contributed by atoms with van der Waals surface area (Å²) in [7, 11) is 0. The number of piperazine rings is 1. The van der Waals surface area contributed by atoms with Gasteiger partial charge in [-0.15, -0.1) is 0 Å². The van der Waals surface area contributed by atoms with E-state index >= 15 is 0 Å². The van der Waals surface area contributed by atoms with Crippen molar-refractivity contribution in [2.75, 3.05) is 26.2 Å². The second-order valence-electron chi connectivity index (χ2n) is 6.51. The molecule has 1 atom stereocenters. The molecule has 1 amide bonds. The highest BCUT2D eigenvalue weighted by Gasteiger charge is 2.25. The molecule has 0 spiro atoms. The van der Waals surface area contributed by atoms with E-state index in [1.807, 2.05) is 23.2 Å². The van der Waals surface area contributed by atoms with Crippen LogP contribution in [0.1, 0.15) is 11.1 Å². The van der Waals surface area contributed by atoms with Crippen LogP contribution in [0.15, 0.2) is 42.7 Å². The summed E-state index contributed by atoms with van der Waals surface area (Å²) in [4.78, 5) is 21.0. The van der Waals surface area contributed by atoms with Gasteiger partial charge in [0.2, 0.25) is 5.91 Å². The number of aromatic nitrogens is 1. The summed E-state index contributed by atoms with van der Waals surface area (Å²) in [5, 5.41) is 1.12. The fourth-order valence-electron chi connectivity index (χ4n) is 3.12. The Kier molecular flexibility index (Phi) is 6.48. The summed E-state index contributed by atoms with van der Waals surface area (Å²) in [5.74, 6) is -0.0305. The number of halogens is 2. The van der Waals surface area contributed by atoms with Gasteiger partial charge >= 0.3 is 0 Å². The smallest absolute Gasteiger partial charge is 0.239 e. The van der Waals surface area contributed by atoms with Gasteiger partial charge in [0.15, 0.2) is 0 Å². The Morgan fingerprint density at radius 1 is 1.19 bits per heavy atom. The minimum Gasteiger partial charge on any atom is -0.339 e. The van der Waals surface area contributed by atoms with E-state index in [1.165, 1.54) is 5.56 Å². The SMILES string of the molecule is NC(Cc1ccc(Cl)cc1Cl)C(=O)N1CCN(Cc2cccnc2)CC1. The summed E-state index contributed by atoms with van der Waals surface area (Å²) >= 11 is 12.1. The zero-order valence-electron chi connectivity index (χ0n) is 14.4. The molecule has 1 aromatic carbocycles. The minimum atomic E-state index is -0.599. The van der Waals surface area contributed by atoms with Crippen molar-refractivity contribution in [3.05, 3.63) is 63.9 Å². The third-order valence-electron chi connectivity index (χ3n) is 4.59. The zero-order valence-corrected chi connectivity index (χ0v) is 16.0. The summed E-state index contributed by atoms with van der Waals surface area (Å²) in [6.45, 7) is 3.87. The van der Waals surface area contributed by atoms with E-state index in [0.29, 0.717) is 29.6 Å². The summed E-state index contributed by atoms with van der Waals surface area (Å²) in [6, 6.07) is 8.67. The first-order chi connectivity index (χ1) is 12.5. The molecule has 7 heteroatoms. The minimum absolute atomic E-state index is 0.0305. The molecule has 0 aliphatic carbocycles. The predicted octanol–water partition coefficient (Wildman–Crippen LogP) is 2.60. The van der Waals surface area contributed by atoms with E-state index in [1.54, 1.807) is 18.3 Å². The molecule has 1 fully saturated rings. The Balaban J connectivity index is 1.51. The van der Waals surface area contributed by atoms with Crippen LogP contribution in [0, 0.1) is 0 Å². The number of carbonyl (C=O) groups is 1. The Hall–Kier alpha value is -1.66. The number of nitrogens with two attached hydrogens (primary N) is 1. The summed E-state index contributed by atoms with van der Waals surface area (Å²) in [5.41, 5.74) is 8.16. The Bertz CT molecular complexity index is 748. The maximum atomic E-state index is 12.6. The molecule has 1 unspecified atom stereocenters. The van der Waals surface area contributed by atoms with Crippen molar-refractivity contribution in [3.8, 4) is 0 Å². The summed E-state index contributed by atoms with van der Waals surface area (Å²) in [6.07, 6.45) is 4.06. The molecule has 1 aliphatic heterocycles. The Morgan fingerprint density at radius 3 is 2.62 bits per heavy atom. The maximum Gasteiger partial charge on any atom is 0.239 e. The third kappa shape index (κ3) is 4.95. The van der Waals surface area contributed by atoms with Crippen molar-refractivity contribution in [1.82, 2.24) is 14.8 Å². The lowest BCUT2D eigenvalue weighted by atomic mass is 10.0. The Labute approximate surface area is 163 Å². The number of carbonyl (C=O) groups excluding carboxylic acids is 1. The van der Waals surface area contributed by atoms with Crippen molar-refractivity contribution < 1.29 is 4.79 Å². The van der Waals surface area contributed by atoms with E-state index < -0.39 is 6.04 Å². The Morgan fingerprint density at radius 2 is 1.96 bits per heavy atom. The van der Waals surface area contributed by atoms with Gasteiger partial charge in [0.25, 0.3) is 0 Å². The monoisotopic (exact) mass is 392 g/mol. The van der Waals surface area contributed by atoms with Gasteiger partial charge in [-0.25, -0.2) is 0 Å². The van der Waals surface area contributed by atoms with E-state index in [4.69, 9.17) is 28.9 Å². The van der Waals surface area contributed by atoms with Crippen LogP contribution >= 0.6 is 23.2 Å². The summed E-state index contributed by atoms with van der Waals surface area (Å²) < 4.78 is 0. The topological polar surface area (TPSA) is 62.5 Å². The lowest BCUT2D eigenvalue weighted by Gasteiger charge is -2.36. The largest absolute Gasteiger partial charge is 0.339 e. The number of amides is 1. The van der Waals surface area contributed by atoms with Gasteiger partial charge in [-0.1, -0.05) is 35.3 Å².